The van der Waals surface area contributed by atoms with Crippen molar-refractivity contribution in [3.05, 3.63) is 62.4 Å². The minimum Gasteiger partial charge on any atom is -0.465 e. The van der Waals surface area contributed by atoms with Crippen LogP contribution in [0.2, 0.25) is 5.02 Å². The molecule has 0 spiro atoms. The van der Waals surface area contributed by atoms with E-state index in [9.17, 15) is 9.59 Å². The van der Waals surface area contributed by atoms with Gasteiger partial charge in [-0.1, -0.05) is 30.7 Å². The summed E-state index contributed by atoms with van der Waals surface area (Å²) in [7, 11) is 1.32. The second-order valence-corrected chi connectivity index (χ2v) is 10.8. The number of hydrogen-bond donors (Lipinski definition) is 2. The summed E-state index contributed by atoms with van der Waals surface area (Å²) in [5.74, 6) is -0.296. The smallest absolute Gasteiger partial charge is 0.341 e. The van der Waals surface area contributed by atoms with Gasteiger partial charge >= 0.3 is 5.97 Å². The van der Waals surface area contributed by atoms with E-state index in [0.29, 0.717) is 37.6 Å². The molecule has 0 fully saturated rings. The van der Waals surface area contributed by atoms with Crippen molar-refractivity contribution < 1.29 is 14.3 Å². The molecule has 1 aliphatic carbocycles. The van der Waals surface area contributed by atoms with Gasteiger partial charge in [0.05, 0.1) is 12.8 Å². The van der Waals surface area contributed by atoms with Gasteiger partial charge in [-0.3, -0.25) is 4.79 Å². The quantitative estimate of drug-likeness (QED) is 0.308. The number of pyridine rings is 1. The van der Waals surface area contributed by atoms with Gasteiger partial charge in [-0.05, 0) is 54.5 Å². The van der Waals surface area contributed by atoms with Crippen LogP contribution in [0.5, 0.6) is 0 Å². The van der Waals surface area contributed by atoms with Gasteiger partial charge in [-0.15, -0.1) is 22.7 Å². The predicted octanol–water partition coefficient (Wildman–Crippen LogP) is 6.42. The minimum atomic E-state index is -0.533. The van der Waals surface area contributed by atoms with Crippen molar-refractivity contribution in [1.29, 1.82) is 0 Å². The number of nitrogen functional groups attached to an aromatic ring is 1. The highest BCUT2D eigenvalue weighted by Gasteiger charge is 2.26. The van der Waals surface area contributed by atoms with E-state index in [1.807, 2.05) is 17.5 Å². The third-order valence-electron chi connectivity index (χ3n) is 6.10. The summed E-state index contributed by atoms with van der Waals surface area (Å²) in [4.78, 5) is 31.8. The molecule has 4 aromatic rings. The summed E-state index contributed by atoms with van der Waals surface area (Å²) in [6.45, 7) is 2.24. The van der Waals surface area contributed by atoms with Crippen molar-refractivity contribution in [3.8, 4) is 11.1 Å². The van der Waals surface area contributed by atoms with Crippen molar-refractivity contribution in [1.82, 2.24) is 4.98 Å². The molecule has 5 rings (SSSR count). The summed E-state index contributed by atoms with van der Waals surface area (Å²) in [5, 5.41) is 6.50. The van der Waals surface area contributed by atoms with Crippen LogP contribution in [-0.4, -0.2) is 24.0 Å². The molecule has 0 bridgehead atoms. The summed E-state index contributed by atoms with van der Waals surface area (Å²) < 4.78 is 5.00. The van der Waals surface area contributed by atoms with Crippen molar-refractivity contribution in [2.75, 3.05) is 18.2 Å². The van der Waals surface area contributed by atoms with Gasteiger partial charge in [0, 0.05) is 27.0 Å². The van der Waals surface area contributed by atoms with E-state index in [2.05, 4.69) is 18.3 Å². The first-order chi connectivity index (χ1) is 16.4. The van der Waals surface area contributed by atoms with Crippen molar-refractivity contribution in [3.63, 3.8) is 0 Å². The number of fused-ring (bicyclic) bond motifs is 2. The molecule has 174 valence electrons. The number of esters is 1. The Labute approximate surface area is 209 Å². The Morgan fingerprint density at radius 1 is 1.26 bits per heavy atom. The average Bonchev–Trinajstić information content (AvgIpc) is 3.38. The molecule has 0 aliphatic heterocycles. The van der Waals surface area contributed by atoms with E-state index in [-0.39, 0.29) is 5.91 Å². The van der Waals surface area contributed by atoms with E-state index >= 15 is 0 Å². The summed E-state index contributed by atoms with van der Waals surface area (Å²) in [6, 6.07) is 9.22. The molecule has 3 N–H and O–H groups in total. The zero-order chi connectivity index (χ0) is 24.0. The first-order valence-electron chi connectivity index (χ1n) is 10.8. The lowest BCUT2D eigenvalue weighted by Crippen LogP contribution is -2.14. The molecule has 3 heterocycles. The molecule has 0 saturated carbocycles. The van der Waals surface area contributed by atoms with Gasteiger partial charge in [0.15, 0.2) is 0 Å². The van der Waals surface area contributed by atoms with E-state index in [4.69, 9.17) is 27.1 Å². The number of nitrogens with two attached hydrogens (primary N) is 1. The lowest BCUT2D eigenvalue weighted by Gasteiger charge is -2.20. The molecule has 9 heteroatoms. The molecular weight excluding hydrogens is 490 g/mol. The Bertz CT molecular complexity index is 1430. The van der Waals surface area contributed by atoms with Crippen LogP contribution in [0.3, 0.4) is 0 Å². The van der Waals surface area contributed by atoms with E-state index in [1.165, 1.54) is 35.3 Å². The summed E-state index contributed by atoms with van der Waals surface area (Å²) >= 11 is 8.54. The van der Waals surface area contributed by atoms with Crippen molar-refractivity contribution in [2.24, 2.45) is 5.92 Å². The molecule has 6 nitrogen and oxygen atoms in total. The third-order valence-corrected chi connectivity index (χ3v) is 8.36. The standard InChI is InChI=1S/C25H22ClN3O3S2/c1-12-3-8-18-14(9-12)10-16-20(27)21(34-23(16)28-18)22(30)29-24-19(25(31)32-2)17(11-33-24)13-4-6-15(26)7-5-13/h4-7,10-12H,3,8-9,27H2,1-2H3,(H,29,30). The molecule has 0 radical (unpaired) electrons. The number of halogens is 1. The Kier molecular flexibility index (Phi) is 6.06. The maximum Gasteiger partial charge on any atom is 0.341 e. The molecular formula is C25H22ClN3O3S2. The third kappa shape index (κ3) is 4.06. The number of anilines is 2. The molecule has 3 aromatic heterocycles. The number of rotatable bonds is 4. The van der Waals surface area contributed by atoms with Crippen LogP contribution in [0.25, 0.3) is 21.3 Å². The first-order valence-corrected chi connectivity index (χ1v) is 12.9. The lowest BCUT2D eigenvalue weighted by atomic mass is 9.87. The fourth-order valence-electron chi connectivity index (χ4n) is 4.30. The highest BCUT2D eigenvalue weighted by atomic mass is 35.5. The van der Waals surface area contributed by atoms with Gasteiger partial charge in [0.2, 0.25) is 0 Å². The van der Waals surface area contributed by atoms with Crippen LogP contribution in [0.15, 0.2) is 35.7 Å². The Morgan fingerprint density at radius 2 is 2.03 bits per heavy atom. The van der Waals surface area contributed by atoms with Crippen LogP contribution in [0.1, 0.15) is 44.6 Å². The zero-order valence-electron chi connectivity index (χ0n) is 18.6. The number of ether oxygens (including phenoxy) is 1. The number of carbonyl (C=O) groups is 2. The monoisotopic (exact) mass is 511 g/mol. The molecule has 1 unspecified atom stereocenters. The van der Waals surface area contributed by atoms with Gasteiger partial charge in [-0.2, -0.15) is 0 Å². The highest BCUT2D eigenvalue weighted by molar-refractivity contribution is 7.21. The van der Waals surface area contributed by atoms with Crippen LogP contribution >= 0.6 is 34.3 Å². The zero-order valence-corrected chi connectivity index (χ0v) is 21.0. The summed E-state index contributed by atoms with van der Waals surface area (Å²) in [5.41, 5.74) is 10.9. The Balaban J connectivity index is 1.50. The lowest BCUT2D eigenvalue weighted by molar-refractivity contribution is 0.0603. The Morgan fingerprint density at radius 3 is 2.76 bits per heavy atom. The molecule has 34 heavy (non-hydrogen) atoms. The number of carbonyl (C=O) groups excluding carboxylic acids is 2. The number of nitrogens with zero attached hydrogens (tertiary/aromatic N) is 1. The number of thiophene rings is 2. The van der Waals surface area contributed by atoms with Gasteiger partial charge < -0.3 is 15.8 Å². The molecule has 1 atom stereocenters. The number of nitrogens with one attached hydrogen (secondary N) is 1. The molecule has 1 amide bonds. The van der Waals surface area contributed by atoms with E-state index < -0.39 is 5.97 Å². The molecule has 1 aliphatic rings. The van der Waals surface area contributed by atoms with Crippen molar-refractivity contribution >= 4 is 67.1 Å². The maximum atomic E-state index is 13.3. The number of methoxy groups -OCH3 is 1. The van der Waals surface area contributed by atoms with Gasteiger partial charge in [0.25, 0.3) is 5.91 Å². The number of benzene rings is 1. The molecule has 0 saturated heterocycles. The fraction of sp³-hybridized carbons (Fsp3) is 0.240. The topological polar surface area (TPSA) is 94.3 Å². The predicted molar refractivity (Wildman–Crippen MR) is 139 cm³/mol. The second-order valence-electron chi connectivity index (χ2n) is 8.45. The molecule has 1 aromatic carbocycles. The first kappa shape index (κ1) is 22.8. The number of amides is 1. The van der Waals surface area contributed by atoms with E-state index in [1.54, 1.807) is 12.1 Å². The SMILES string of the molecule is COC(=O)c1c(-c2ccc(Cl)cc2)csc1NC(=O)c1sc2nc3c(cc2c1N)CC(C)CC3. The largest absolute Gasteiger partial charge is 0.465 e. The number of aryl methyl sites for hydroxylation is 1. The van der Waals surface area contributed by atoms with Crippen LogP contribution in [0, 0.1) is 5.92 Å². The van der Waals surface area contributed by atoms with Crippen LogP contribution < -0.4 is 11.1 Å². The summed E-state index contributed by atoms with van der Waals surface area (Å²) in [6.07, 6.45) is 3.03. The highest BCUT2D eigenvalue weighted by Crippen LogP contribution is 2.39. The average molecular weight is 512 g/mol. The minimum absolute atomic E-state index is 0.297. The van der Waals surface area contributed by atoms with Crippen LogP contribution in [-0.2, 0) is 17.6 Å². The normalized spacial score (nSPS) is 15.2. The van der Waals surface area contributed by atoms with Gasteiger partial charge in [0.1, 0.15) is 20.3 Å². The number of aromatic nitrogens is 1. The Hall–Kier alpha value is -2.94. The van der Waals surface area contributed by atoms with Crippen LogP contribution in [0.4, 0.5) is 10.7 Å². The maximum absolute atomic E-state index is 13.3. The fourth-order valence-corrected chi connectivity index (χ4v) is 6.37. The van der Waals surface area contributed by atoms with Crippen molar-refractivity contribution in [2.45, 2.75) is 26.2 Å². The van der Waals surface area contributed by atoms with Gasteiger partial charge in [-0.25, -0.2) is 9.78 Å². The number of hydrogen-bond acceptors (Lipinski definition) is 7. The second kappa shape index (κ2) is 9.02. The van der Waals surface area contributed by atoms with E-state index in [0.717, 1.165) is 40.7 Å².